The van der Waals surface area contributed by atoms with Crippen LogP contribution in [-0.2, 0) is 10.1 Å². The van der Waals surface area contributed by atoms with Gasteiger partial charge in [0.25, 0.3) is 15.8 Å². The Kier molecular flexibility index (Phi) is 6.34. The summed E-state index contributed by atoms with van der Waals surface area (Å²) in [5, 5.41) is 14.0. The summed E-state index contributed by atoms with van der Waals surface area (Å²) in [6, 6.07) is 4.17. The molecule has 0 aromatic heterocycles. The number of rotatable bonds is 8. The third-order valence-electron chi connectivity index (χ3n) is 2.79. The van der Waals surface area contributed by atoms with Crippen molar-refractivity contribution in [2.45, 2.75) is 27.2 Å². The lowest BCUT2D eigenvalue weighted by Crippen LogP contribution is -2.19. The van der Waals surface area contributed by atoms with Crippen molar-refractivity contribution in [2.75, 3.05) is 24.2 Å². The minimum atomic E-state index is -4.02. The Hall–Kier alpha value is -1.87. The molecule has 1 rings (SSSR count). The van der Waals surface area contributed by atoms with Gasteiger partial charge in [0.15, 0.2) is 0 Å². The monoisotopic (exact) mass is 346 g/mol. The summed E-state index contributed by atoms with van der Waals surface area (Å²) < 4.78 is 35.5. The zero-order valence-corrected chi connectivity index (χ0v) is 14.2. The van der Waals surface area contributed by atoms with Crippen molar-refractivity contribution in [2.24, 2.45) is 5.41 Å². The van der Waals surface area contributed by atoms with Crippen LogP contribution in [-0.4, -0.2) is 36.8 Å². The zero-order valence-electron chi connectivity index (χ0n) is 13.4. The van der Waals surface area contributed by atoms with Crippen LogP contribution in [0.1, 0.15) is 27.2 Å². The van der Waals surface area contributed by atoms with Gasteiger partial charge in [0.1, 0.15) is 5.75 Å². The number of ether oxygens (including phenoxy) is 1. The second-order valence-electron chi connectivity index (χ2n) is 6.34. The molecule has 0 bridgehead atoms. The van der Waals surface area contributed by atoms with Gasteiger partial charge in [-0.1, -0.05) is 20.8 Å². The molecule has 9 heteroatoms. The first-order valence-electron chi connectivity index (χ1n) is 7.08. The van der Waals surface area contributed by atoms with Crippen LogP contribution in [0.2, 0.25) is 0 Å². The Morgan fingerprint density at radius 1 is 1.35 bits per heavy atom. The van der Waals surface area contributed by atoms with Crippen molar-refractivity contribution in [3.05, 3.63) is 28.3 Å². The van der Waals surface area contributed by atoms with Crippen molar-refractivity contribution in [1.29, 1.82) is 0 Å². The molecule has 0 saturated heterocycles. The molecule has 130 valence electrons. The van der Waals surface area contributed by atoms with Crippen LogP contribution in [0.5, 0.6) is 5.75 Å². The van der Waals surface area contributed by atoms with E-state index in [1.165, 1.54) is 18.2 Å². The summed E-state index contributed by atoms with van der Waals surface area (Å²) >= 11 is 0. The molecule has 0 fully saturated rings. The lowest BCUT2D eigenvalue weighted by atomic mass is 9.97. The van der Waals surface area contributed by atoms with Gasteiger partial charge in [-0.2, -0.15) is 8.42 Å². The van der Waals surface area contributed by atoms with Gasteiger partial charge in [-0.25, -0.2) is 0 Å². The molecule has 0 aliphatic heterocycles. The smallest absolute Gasteiger partial charge is 0.271 e. The molecule has 0 heterocycles. The van der Waals surface area contributed by atoms with E-state index in [4.69, 9.17) is 9.29 Å². The summed E-state index contributed by atoms with van der Waals surface area (Å²) in [6.07, 6.45) is 0.120. The molecule has 0 atom stereocenters. The molecule has 0 spiro atoms. The van der Waals surface area contributed by atoms with E-state index in [2.05, 4.69) is 5.32 Å². The van der Waals surface area contributed by atoms with Crippen LogP contribution in [0.3, 0.4) is 0 Å². The predicted octanol–water partition coefficient (Wildman–Crippen LogP) is 2.71. The molecule has 0 radical (unpaired) electrons. The minimum Gasteiger partial charge on any atom is -0.491 e. The van der Waals surface area contributed by atoms with Crippen LogP contribution in [0.15, 0.2) is 18.2 Å². The Labute approximate surface area is 135 Å². The van der Waals surface area contributed by atoms with Crippen LogP contribution < -0.4 is 10.1 Å². The molecule has 2 N–H and O–H groups in total. The van der Waals surface area contributed by atoms with Crippen LogP contribution in [0.4, 0.5) is 11.4 Å². The van der Waals surface area contributed by atoms with Gasteiger partial charge >= 0.3 is 0 Å². The highest BCUT2D eigenvalue weighted by molar-refractivity contribution is 7.85. The number of nitrogens with zero attached hydrogens (tertiary/aromatic N) is 1. The van der Waals surface area contributed by atoms with E-state index < -0.39 is 20.8 Å². The summed E-state index contributed by atoms with van der Waals surface area (Å²) in [4.78, 5) is 10.4. The molecular weight excluding hydrogens is 324 g/mol. The van der Waals surface area contributed by atoms with Crippen molar-refractivity contribution < 1.29 is 22.6 Å². The Bertz CT molecular complexity index is 652. The number of hydrogen-bond acceptors (Lipinski definition) is 6. The third-order valence-corrected chi connectivity index (χ3v) is 3.59. The summed E-state index contributed by atoms with van der Waals surface area (Å²) in [7, 11) is -4.02. The van der Waals surface area contributed by atoms with E-state index >= 15 is 0 Å². The van der Waals surface area contributed by atoms with Gasteiger partial charge in [-0.15, -0.1) is 0 Å². The minimum absolute atomic E-state index is 0.0349. The van der Waals surface area contributed by atoms with Crippen molar-refractivity contribution in [3.63, 3.8) is 0 Å². The maximum absolute atomic E-state index is 10.9. The lowest BCUT2D eigenvalue weighted by molar-refractivity contribution is -0.384. The van der Waals surface area contributed by atoms with Gasteiger partial charge in [-0.3, -0.25) is 14.7 Å². The third kappa shape index (κ3) is 7.80. The second-order valence-corrected chi connectivity index (χ2v) is 7.91. The molecule has 23 heavy (non-hydrogen) atoms. The zero-order chi connectivity index (χ0) is 17.7. The van der Waals surface area contributed by atoms with Crippen LogP contribution in [0, 0.1) is 15.5 Å². The predicted molar refractivity (Wildman–Crippen MR) is 87.6 cm³/mol. The number of nitrogens with one attached hydrogen (secondary N) is 1. The van der Waals surface area contributed by atoms with Gasteiger partial charge in [0.05, 0.1) is 23.0 Å². The largest absolute Gasteiger partial charge is 0.491 e. The molecule has 0 amide bonds. The van der Waals surface area contributed by atoms with Crippen molar-refractivity contribution in [3.8, 4) is 5.75 Å². The molecule has 8 nitrogen and oxygen atoms in total. The molecular formula is C14H22N2O6S. The fourth-order valence-corrected chi connectivity index (χ4v) is 2.16. The Morgan fingerprint density at radius 2 is 2.00 bits per heavy atom. The number of anilines is 1. The molecule has 0 aliphatic carbocycles. The maximum atomic E-state index is 10.9. The highest BCUT2D eigenvalue weighted by atomic mass is 32.2. The van der Waals surface area contributed by atoms with Gasteiger partial charge < -0.3 is 10.1 Å². The average molecular weight is 346 g/mol. The van der Waals surface area contributed by atoms with Crippen LogP contribution in [0.25, 0.3) is 0 Å². The highest BCUT2D eigenvalue weighted by Crippen LogP contribution is 2.30. The first-order valence-corrected chi connectivity index (χ1v) is 8.69. The van der Waals surface area contributed by atoms with E-state index in [0.29, 0.717) is 18.0 Å². The van der Waals surface area contributed by atoms with Crippen molar-refractivity contribution >= 4 is 21.5 Å². The standard InChI is InChI=1S/C14H22N2O6S/c1-14(2,3)10-15-12-9-11(16(17)18)5-6-13(12)22-7-4-8-23(19,20)21/h5-6,9,15H,4,7-8,10H2,1-3H3,(H,19,20,21). The molecule has 0 unspecified atom stereocenters. The number of nitro groups is 1. The van der Waals surface area contributed by atoms with E-state index in [1.807, 2.05) is 20.8 Å². The molecule has 1 aromatic rings. The Morgan fingerprint density at radius 3 is 2.52 bits per heavy atom. The fraction of sp³-hybridized carbons (Fsp3) is 0.571. The van der Waals surface area contributed by atoms with Crippen molar-refractivity contribution in [1.82, 2.24) is 0 Å². The lowest BCUT2D eigenvalue weighted by Gasteiger charge is -2.21. The first kappa shape index (κ1) is 19.2. The number of nitro benzene ring substituents is 1. The average Bonchev–Trinajstić information content (AvgIpc) is 2.39. The van der Waals surface area contributed by atoms with Gasteiger partial charge in [-0.05, 0) is 17.9 Å². The van der Waals surface area contributed by atoms with E-state index in [0.717, 1.165) is 0 Å². The molecule has 0 saturated carbocycles. The van der Waals surface area contributed by atoms with Gasteiger partial charge in [0.2, 0.25) is 0 Å². The van der Waals surface area contributed by atoms with E-state index in [9.17, 15) is 18.5 Å². The van der Waals surface area contributed by atoms with Crippen LogP contribution >= 0.6 is 0 Å². The Balaban J connectivity index is 2.81. The number of non-ortho nitro benzene ring substituents is 1. The first-order chi connectivity index (χ1) is 10.5. The number of benzene rings is 1. The normalized spacial score (nSPS) is 12.0. The SMILES string of the molecule is CC(C)(C)CNc1cc([N+](=O)[O-])ccc1OCCCS(=O)(=O)O. The van der Waals surface area contributed by atoms with E-state index in [1.54, 1.807) is 0 Å². The van der Waals surface area contributed by atoms with E-state index in [-0.39, 0.29) is 24.1 Å². The summed E-state index contributed by atoms with van der Waals surface area (Å²) in [5.74, 6) is 0.000241. The summed E-state index contributed by atoms with van der Waals surface area (Å²) in [6.45, 7) is 6.70. The quantitative estimate of drug-likeness (QED) is 0.321. The number of hydrogen-bond donors (Lipinski definition) is 2. The summed E-state index contributed by atoms with van der Waals surface area (Å²) in [5.41, 5.74) is 0.375. The topological polar surface area (TPSA) is 119 Å². The molecule has 0 aliphatic rings. The highest BCUT2D eigenvalue weighted by Gasteiger charge is 2.15. The maximum Gasteiger partial charge on any atom is 0.271 e. The fourth-order valence-electron chi connectivity index (χ4n) is 1.68. The second kappa shape index (κ2) is 7.60. The van der Waals surface area contributed by atoms with Gasteiger partial charge in [0, 0.05) is 18.7 Å². The molecule has 1 aromatic carbocycles.